The number of halogens is 2. The summed E-state index contributed by atoms with van der Waals surface area (Å²) < 4.78 is 38.7. The normalized spacial score (nSPS) is 12.2. The molecule has 33 heavy (non-hydrogen) atoms. The summed E-state index contributed by atoms with van der Waals surface area (Å²) in [6.07, 6.45) is -1.13. The lowest BCUT2D eigenvalue weighted by Gasteiger charge is -2.26. The van der Waals surface area contributed by atoms with Crippen LogP contribution in [0.1, 0.15) is 18.1 Å². The molecule has 0 aromatic heterocycles. The molecule has 0 aliphatic rings. The number of amides is 1. The van der Waals surface area contributed by atoms with E-state index in [0.717, 1.165) is 11.1 Å². The zero-order valence-corrected chi connectivity index (χ0v) is 20.8. The van der Waals surface area contributed by atoms with Gasteiger partial charge in [-0.3, -0.25) is 4.79 Å². The van der Waals surface area contributed by atoms with Gasteiger partial charge in [-0.2, -0.15) is 4.31 Å². The number of methoxy groups -OCH3 is 1. The molecule has 1 atom stereocenters. The summed E-state index contributed by atoms with van der Waals surface area (Å²) in [5.41, 5.74) is 1.62. The summed E-state index contributed by atoms with van der Waals surface area (Å²) in [6, 6.07) is 15.4. The number of rotatable bonds is 7. The van der Waals surface area contributed by atoms with E-state index in [4.69, 9.17) is 32.7 Å². The van der Waals surface area contributed by atoms with E-state index in [2.05, 4.69) is 0 Å². The first kappa shape index (κ1) is 24.9. The molecule has 0 N–H and O–H groups in total. The summed E-state index contributed by atoms with van der Waals surface area (Å²) in [4.78, 5) is 13.4. The monoisotopic (exact) mass is 507 g/mol. The van der Waals surface area contributed by atoms with E-state index in [1.165, 1.54) is 44.4 Å². The molecule has 9 heteroatoms. The van der Waals surface area contributed by atoms with Gasteiger partial charge in [-0.15, -0.1) is 0 Å². The molecule has 0 aliphatic heterocycles. The quantitative estimate of drug-likeness (QED) is 0.403. The molecule has 0 saturated carbocycles. The van der Waals surface area contributed by atoms with Crippen molar-refractivity contribution in [3.63, 3.8) is 0 Å². The van der Waals surface area contributed by atoms with Crippen LogP contribution >= 0.6 is 23.2 Å². The van der Waals surface area contributed by atoms with Gasteiger partial charge in [0.25, 0.3) is 15.9 Å². The van der Waals surface area contributed by atoms with Gasteiger partial charge >= 0.3 is 0 Å². The van der Waals surface area contributed by atoms with Crippen molar-refractivity contribution < 1.29 is 22.7 Å². The fourth-order valence-corrected chi connectivity index (χ4v) is 5.11. The van der Waals surface area contributed by atoms with Crippen molar-refractivity contribution in [3.8, 4) is 11.5 Å². The largest absolute Gasteiger partial charge is 0.495 e. The molecule has 0 aliphatic carbocycles. The summed E-state index contributed by atoms with van der Waals surface area (Å²) in [6.45, 7) is 5.13. The molecule has 0 fully saturated rings. The Labute approximate surface area is 203 Å². The second kappa shape index (κ2) is 10.0. The van der Waals surface area contributed by atoms with Gasteiger partial charge in [0.2, 0.25) is 0 Å². The minimum atomic E-state index is -4.27. The Morgan fingerprint density at radius 2 is 1.58 bits per heavy atom. The van der Waals surface area contributed by atoms with E-state index < -0.39 is 22.0 Å². The van der Waals surface area contributed by atoms with E-state index in [-0.39, 0.29) is 15.6 Å². The highest BCUT2D eigenvalue weighted by Gasteiger charge is 2.35. The average molecular weight is 508 g/mol. The molecule has 1 amide bonds. The number of benzene rings is 3. The third-order valence-electron chi connectivity index (χ3n) is 4.92. The lowest BCUT2D eigenvalue weighted by Crippen LogP contribution is -2.44. The zero-order valence-electron chi connectivity index (χ0n) is 18.5. The summed E-state index contributed by atoms with van der Waals surface area (Å²) in [5, 5.41) is 0.760. The number of carbonyl (C=O) groups is 1. The summed E-state index contributed by atoms with van der Waals surface area (Å²) in [7, 11) is -2.83. The Morgan fingerprint density at radius 1 is 0.970 bits per heavy atom. The predicted octanol–water partition coefficient (Wildman–Crippen LogP) is 5.81. The van der Waals surface area contributed by atoms with Crippen molar-refractivity contribution in [3.05, 3.63) is 81.8 Å². The summed E-state index contributed by atoms with van der Waals surface area (Å²) in [5.74, 6) is -0.0354. The van der Waals surface area contributed by atoms with E-state index in [9.17, 15) is 13.2 Å². The minimum Gasteiger partial charge on any atom is -0.495 e. The Bertz CT molecular complexity index is 1260. The third-order valence-corrected chi connectivity index (χ3v) is 7.55. The third kappa shape index (κ3) is 5.27. The molecule has 0 radical (unpaired) electrons. The number of carbonyl (C=O) groups excluding carboxylic acids is 1. The van der Waals surface area contributed by atoms with Crippen molar-refractivity contribution in [1.82, 2.24) is 0 Å². The van der Waals surface area contributed by atoms with Gasteiger partial charge in [0, 0.05) is 5.02 Å². The fraction of sp³-hybridized carbons (Fsp3) is 0.208. The van der Waals surface area contributed by atoms with Crippen LogP contribution in [0.25, 0.3) is 0 Å². The standard InChI is InChI=1S/C24H23Cl2NO5S/c1-15-12-19(13-16(2)23(15)26)32-17(3)24(28)27(18-10-11-22(31-4)21(25)14-18)33(29,30)20-8-6-5-7-9-20/h5-14,17H,1-4H3. The lowest BCUT2D eigenvalue weighted by molar-refractivity contribution is -0.123. The number of nitrogens with zero attached hydrogens (tertiary/aromatic N) is 1. The molecule has 0 saturated heterocycles. The first-order chi connectivity index (χ1) is 15.6. The maximum atomic E-state index is 13.5. The van der Waals surface area contributed by atoms with Crippen LogP contribution in [0.3, 0.4) is 0 Å². The van der Waals surface area contributed by atoms with Gasteiger partial charge < -0.3 is 9.47 Å². The van der Waals surface area contributed by atoms with Gasteiger partial charge in [-0.05, 0) is 74.4 Å². The fourth-order valence-electron chi connectivity index (χ4n) is 3.26. The van der Waals surface area contributed by atoms with Crippen molar-refractivity contribution >= 4 is 44.8 Å². The SMILES string of the molecule is COc1ccc(N(C(=O)C(C)Oc2cc(C)c(Cl)c(C)c2)S(=O)(=O)c2ccccc2)cc1Cl. The molecule has 0 heterocycles. The van der Waals surface area contributed by atoms with Crippen LogP contribution in [0.2, 0.25) is 10.0 Å². The van der Waals surface area contributed by atoms with E-state index >= 15 is 0 Å². The number of hydrogen-bond donors (Lipinski definition) is 0. The van der Waals surface area contributed by atoms with Gasteiger partial charge in [0.15, 0.2) is 6.10 Å². The Kier molecular flexibility index (Phi) is 7.57. The highest BCUT2D eigenvalue weighted by atomic mass is 35.5. The van der Waals surface area contributed by atoms with Gasteiger partial charge in [-0.25, -0.2) is 8.42 Å². The average Bonchev–Trinajstić information content (AvgIpc) is 2.78. The number of aryl methyl sites for hydroxylation is 2. The number of sulfonamides is 1. The molecule has 0 spiro atoms. The van der Waals surface area contributed by atoms with Crippen LogP contribution in [0.5, 0.6) is 11.5 Å². The first-order valence-electron chi connectivity index (χ1n) is 9.97. The molecular formula is C24H23Cl2NO5S. The molecule has 0 bridgehead atoms. The number of hydrogen-bond acceptors (Lipinski definition) is 5. The maximum absolute atomic E-state index is 13.5. The zero-order chi connectivity index (χ0) is 24.3. The topological polar surface area (TPSA) is 72.9 Å². The predicted molar refractivity (Wildman–Crippen MR) is 130 cm³/mol. The molecular weight excluding hydrogens is 485 g/mol. The second-order valence-corrected chi connectivity index (χ2v) is 9.94. The molecule has 3 aromatic rings. The Hall–Kier alpha value is -2.74. The van der Waals surface area contributed by atoms with E-state index in [0.29, 0.717) is 20.8 Å². The highest BCUT2D eigenvalue weighted by molar-refractivity contribution is 7.93. The van der Waals surface area contributed by atoms with Crippen LogP contribution in [0.4, 0.5) is 5.69 Å². The lowest BCUT2D eigenvalue weighted by atomic mass is 10.1. The van der Waals surface area contributed by atoms with E-state index in [1.807, 2.05) is 13.8 Å². The number of ether oxygens (including phenoxy) is 2. The Balaban J connectivity index is 2.05. The first-order valence-corrected chi connectivity index (χ1v) is 12.2. The van der Waals surface area contributed by atoms with Crippen LogP contribution < -0.4 is 13.8 Å². The van der Waals surface area contributed by atoms with Gasteiger partial charge in [0.05, 0.1) is 22.7 Å². The van der Waals surface area contributed by atoms with E-state index in [1.54, 1.807) is 30.3 Å². The van der Waals surface area contributed by atoms with Crippen LogP contribution in [0.15, 0.2) is 65.6 Å². The van der Waals surface area contributed by atoms with Crippen LogP contribution in [-0.4, -0.2) is 27.5 Å². The minimum absolute atomic E-state index is 0.0457. The molecule has 1 unspecified atom stereocenters. The highest BCUT2D eigenvalue weighted by Crippen LogP contribution is 2.33. The maximum Gasteiger partial charge on any atom is 0.281 e. The van der Waals surface area contributed by atoms with Crippen molar-refractivity contribution in [2.24, 2.45) is 0 Å². The second-order valence-electron chi connectivity index (χ2n) is 7.37. The Morgan fingerprint density at radius 3 is 2.12 bits per heavy atom. The van der Waals surface area contributed by atoms with Crippen molar-refractivity contribution in [2.45, 2.75) is 31.8 Å². The van der Waals surface area contributed by atoms with Crippen molar-refractivity contribution in [2.75, 3.05) is 11.4 Å². The van der Waals surface area contributed by atoms with Gasteiger partial charge in [0.1, 0.15) is 11.5 Å². The molecule has 174 valence electrons. The van der Waals surface area contributed by atoms with Gasteiger partial charge in [-0.1, -0.05) is 41.4 Å². The molecule has 6 nitrogen and oxygen atoms in total. The van der Waals surface area contributed by atoms with Crippen LogP contribution in [0, 0.1) is 13.8 Å². The van der Waals surface area contributed by atoms with Crippen LogP contribution in [-0.2, 0) is 14.8 Å². The molecule has 3 rings (SSSR count). The molecule has 3 aromatic carbocycles. The summed E-state index contributed by atoms with van der Waals surface area (Å²) >= 11 is 12.4. The smallest absolute Gasteiger partial charge is 0.281 e. The number of anilines is 1. The van der Waals surface area contributed by atoms with Crippen molar-refractivity contribution in [1.29, 1.82) is 0 Å².